The van der Waals surface area contributed by atoms with Crippen LogP contribution in [0.2, 0.25) is 0 Å². The quantitative estimate of drug-likeness (QED) is 0.817. The van der Waals surface area contributed by atoms with Crippen LogP contribution in [0.5, 0.6) is 0 Å². The lowest BCUT2D eigenvalue weighted by Gasteiger charge is -2.34. The number of hydrogen-bond donors (Lipinski definition) is 1. The lowest BCUT2D eigenvalue weighted by molar-refractivity contribution is 0.0921. The molecule has 1 aromatic carbocycles. The first kappa shape index (κ1) is 19.5. The van der Waals surface area contributed by atoms with Gasteiger partial charge in [-0.1, -0.05) is 30.3 Å². The number of sulfonamides is 1. The number of benzene rings is 1. The Bertz CT molecular complexity index is 826. The first-order valence-electron chi connectivity index (χ1n) is 8.88. The van der Waals surface area contributed by atoms with Crippen molar-refractivity contribution in [2.24, 2.45) is 0 Å². The SMILES string of the molecule is Cc1cc(S(=O)(=O)N2CCN(CC(O)Cc3ccccc3)CC2)c(C)s1. The van der Waals surface area contributed by atoms with Crippen LogP contribution in [0.1, 0.15) is 15.3 Å². The van der Waals surface area contributed by atoms with E-state index in [1.807, 2.05) is 44.2 Å². The number of β-amino-alcohol motifs (C(OH)–C–C–N with tert-alkyl or cyclic N) is 1. The maximum Gasteiger partial charge on any atom is 0.244 e. The minimum atomic E-state index is -3.42. The molecule has 1 saturated heterocycles. The zero-order valence-electron chi connectivity index (χ0n) is 15.3. The molecule has 0 spiro atoms. The summed E-state index contributed by atoms with van der Waals surface area (Å²) in [6, 6.07) is 11.7. The van der Waals surface area contributed by atoms with E-state index in [1.54, 1.807) is 10.4 Å². The lowest BCUT2D eigenvalue weighted by atomic mass is 10.1. The van der Waals surface area contributed by atoms with Crippen LogP contribution in [0, 0.1) is 13.8 Å². The topological polar surface area (TPSA) is 60.9 Å². The highest BCUT2D eigenvalue weighted by atomic mass is 32.2. The Morgan fingerprint density at radius 3 is 2.35 bits per heavy atom. The van der Waals surface area contributed by atoms with Crippen LogP contribution in [0.4, 0.5) is 0 Å². The third kappa shape index (κ3) is 4.53. The molecule has 0 amide bonds. The molecule has 1 unspecified atom stereocenters. The van der Waals surface area contributed by atoms with Crippen molar-refractivity contribution in [3.8, 4) is 0 Å². The van der Waals surface area contributed by atoms with Crippen molar-refractivity contribution in [2.45, 2.75) is 31.3 Å². The van der Waals surface area contributed by atoms with Gasteiger partial charge in [-0.3, -0.25) is 4.90 Å². The average Bonchev–Trinajstić information content (AvgIpc) is 2.95. The van der Waals surface area contributed by atoms with Gasteiger partial charge in [0.2, 0.25) is 10.0 Å². The van der Waals surface area contributed by atoms with Gasteiger partial charge in [0.05, 0.1) is 11.0 Å². The van der Waals surface area contributed by atoms with Crippen LogP contribution >= 0.6 is 11.3 Å². The van der Waals surface area contributed by atoms with Crippen LogP contribution in [0.15, 0.2) is 41.3 Å². The molecule has 1 aromatic heterocycles. The maximum atomic E-state index is 12.9. The molecular formula is C19H26N2O3S2. The van der Waals surface area contributed by atoms with Crippen LogP contribution < -0.4 is 0 Å². The summed E-state index contributed by atoms with van der Waals surface area (Å²) in [5.74, 6) is 0. The molecule has 0 radical (unpaired) electrons. The molecule has 1 atom stereocenters. The van der Waals surface area contributed by atoms with Crippen molar-refractivity contribution in [3.63, 3.8) is 0 Å². The Labute approximate surface area is 159 Å². The van der Waals surface area contributed by atoms with Gasteiger partial charge in [0, 0.05) is 42.5 Å². The van der Waals surface area contributed by atoms with Gasteiger partial charge < -0.3 is 5.11 Å². The summed E-state index contributed by atoms with van der Waals surface area (Å²) in [6.07, 6.45) is 0.175. The molecule has 0 aliphatic carbocycles. The van der Waals surface area contributed by atoms with Crippen LogP contribution in [0.3, 0.4) is 0 Å². The molecule has 1 N–H and O–H groups in total. The highest BCUT2D eigenvalue weighted by molar-refractivity contribution is 7.89. The second-order valence-corrected chi connectivity index (χ2v) is 10.2. The minimum absolute atomic E-state index is 0.442. The second-order valence-electron chi connectivity index (χ2n) is 6.83. The lowest BCUT2D eigenvalue weighted by Crippen LogP contribution is -2.50. The summed E-state index contributed by atoms with van der Waals surface area (Å²) in [5, 5.41) is 10.3. The van der Waals surface area contributed by atoms with E-state index in [-0.39, 0.29) is 0 Å². The van der Waals surface area contributed by atoms with E-state index in [0.29, 0.717) is 44.0 Å². The van der Waals surface area contributed by atoms with Crippen molar-refractivity contribution >= 4 is 21.4 Å². The average molecular weight is 395 g/mol. The maximum absolute atomic E-state index is 12.9. The first-order chi connectivity index (χ1) is 12.4. The third-order valence-electron chi connectivity index (χ3n) is 4.73. The summed E-state index contributed by atoms with van der Waals surface area (Å²) in [5.41, 5.74) is 1.12. The number of rotatable bonds is 6. The number of piperazine rings is 1. The zero-order valence-corrected chi connectivity index (χ0v) is 16.9. The van der Waals surface area contributed by atoms with Crippen molar-refractivity contribution in [2.75, 3.05) is 32.7 Å². The Morgan fingerprint density at radius 2 is 1.77 bits per heavy atom. The van der Waals surface area contributed by atoms with E-state index in [2.05, 4.69) is 4.90 Å². The highest BCUT2D eigenvalue weighted by Crippen LogP contribution is 2.28. The number of hydrogen-bond acceptors (Lipinski definition) is 5. The van der Waals surface area contributed by atoms with Gasteiger partial charge >= 0.3 is 0 Å². The number of aliphatic hydroxyl groups is 1. The molecular weight excluding hydrogens is 368 g/mol. The zero-order chi connectivity index (χ0) is 18.7. The largest absolute Gasteiger partial charge is 0.391 e. The number of thiophene rings is 1. The predicted molar refractivity (Wildman–Crippen MR) is 105 cm³/mol. The van der Waals surface area contributed by atoms with Gasteiger partial charge in [-0.05, 0) is 31.9 Å². The fraction of sp³-hybridized carbons (Fsp3) is 0.474. The van der Waals surface area contributed by atoms with Crippen LogP contribution in [-0.2, 0) is 16.4 Å². The molecule has 1 fully saturated rings. The molecule has 1 aliphatic rings. The molecule has 0 saturated carbocycles. The minimum Gasteiger partial charge on any atom is -0.391 e. The van der Waals surface area contributed by atoms with E-state index in [9.17, 15) is 13.5 Å². The summed E-state index contributed by atoms with van der Waals surface area (Å²) in [6.45, 7) is 6.59. The summed E-state index contributed by atoms with van der Waals surface area (Å²) in [4.78, 5) is 4.45. The van der Waals surface area contributed by atoms with Crippen LogP contribution in [0.25, 0.3) is 0 Å². The molecule has 7 heteroatoms. The van der Waals surface area contributed by atoms with Gasteiger partial charge in [-0.25, -0.2) is 8.42 Å². The fourth-order valence-electron chi connectivity index (χ4n) is 3.40. The Hall–Kier alpha value is -1.25. The van der Waals surface area contributed by atoms with E-state index < -0.39 is 16.1 Å². The first-order valence-corrected chi connectivity index (χ1v) is 11.1. The second kappa shape index (κ2) is 8.19. The Morgan fingerprint density at radius 1 is 1.12 bits per heavy atom. The summed E-state index contributed by atoms with van der Waals surface area (Å²) < 4.78 is 27.3. The molecule has 5 nitrogen and oxygen atoms in total. The van der Waals surface area contributed by atoms with Gasteiger partial charge in [0.15, 0.2) is 0 Å². The van der Waals surface area contributed by atoms with Crippen molar-refractivity contribution in [1.29, 1.82) is 0 Å². The van der Waals surface area contributed by atoms with Crippen LogP contribution in [-0.4, -0.2) is 61.6 Å². The number of nitrogens with zero attached hydrogens (tertiary/aromatic N) is 2. The van der Waals surface area contributed by atoms with Gasteiger partial charge in [0.25, 0.3) is 0 Å². The van der Waals surface area contributed by atoms with Crippen molar-refractivity contribution in [3.05, 3.63) is 51.7 Å². The normalized spacial score (nSPS) is 18.1. The Balaban J connectivity index is 1.55. The van der Waals surface area contributed by atoms with Gasteiger partial charge in [-0.15, -0.1) is 11.3 Å². The summed E-state index contributed by atoms with van der Waals surface area (Å²) in [7, 11) is -3.42. The van der Waals surface area contributed by atoms with E-state index in [0.717, 1.165) is 15.3 Å². The molecule has 2 heterocycles. The monoisotopic (exact) mass is 394 g/mol. The van der Waals surface area contributed by atoms with E-state index >= 15 is 0 Å². The smallest absolute Gasteiger partial charge is 0.244 e. The highest BCUT2D eigenvalue weighted by Gasteiger charge is 2.30. The van der Waals surface area contributed by atoms with E-state index in [4.69, 9.17) is 0 Å². The van der Waals surface area contributed by atoms with Gasteiger partial charge in [0.1, 0.15) is 0 Å². The molecule has 1 aliphatic heterocycles. The number of aliphatic hydroxyl groups excluding tert-OH is 1. The summed E-state index contributed by atoms with van der Waals surface area (Å²) >= 11 is 1.52. The molecule has 3 rings (SSSR count). The molecule has 26 heavy (non-hydrogen) atoms. The predicted octanol–water partition coefficient (Wildman–Crippen LogP) is 2.27. The van der Waals surface area contributed by atoms with Crippen molar-refractivity contribution in [1.82, 2.24) is 9.21 Å². The standard InChI is InChI=1S/C19H26N2O3S2/c1-15-12-19(16(2)25-15)26(23,24)21-10-8-20(9-11-21)14-18(22)13-17-6-4-3-5-7-17/h3-7,12,18,22H,8-11,13-14H2,1-2H3. The third-order valence-corrected chi connectivity index (χ3v) is 7.85. The molecule has 2 aromatic rings. The fourth-order valence-corrected chi connectivity index (χ4v) is 6.35. The number of aryl methyl sites for hydroxylation is 2. The van der Waals surface area contributed by atoms with Gasteiger partial charge in [-0.2, -0.15) is 4.31 Å². The molecule has 0 bridgehead atoms. The molecule has 142 valence electrons. The van der Waals surface area contributed by atoms with E-state index in [1.165, 1.54) is 11.3 Å². The van der Waals surface area contributed by atoms with Crippen molar-refractivity contribution < 1.29 is 13.5 Å². The Kier molecular flexibility index (Phi) is 6.14.